The molecule has 0 bridgehead atoms. The summed E-state index contributed by atoms with van der Waals surface area (Å²) >= 11 is 0. The molecular weight excluding hydrogens is 176 g/mol. The van der Waals surface area contributed by atoms with Crippen molar-refractivity contribution in [3.8, 4) is 0 Å². The summed E-state index contributed by atoms with van der Waals surface area (Å²) < 4.78 is 0. The Morgan fingerprint density at radius 1 is 1.38 bits per heavy atom. The van der Waals surface area contributed by atoms with Crippen LogP contribution in [0.1, 0.15) is 25.3 Å². The van der Waals surface area contributed by atoms with E-state index in [9.17, 15) is 4.80 Å². The molecule has 0 radical (unpaired) electrons. The number of rotatable bonds is 4. The Bertz CT molecular complexity index is 267. The lowest BCUT2D eigenvalue weighted by Gasteiger charge is -2.02. The standard InChI is InChI=1S/C11H16OSi/c1-2-3-9-11(13-12)10-7-5-4-6-8-10/h4-9,12H,2-3,13H2,1H3. The molecule has 0 spiro atoms. The fourth-order valence-electron chi connectivity index (χ4n) is 1.24. The van der Waals surface area contributed by atoms with Crippen LogP contribution >= 0.6 is 0 Å². The van der Waals surface area contributed by atoms with E-state index in [-0.39, 0.29) is 0 Å². The van der Waals surface area contributed by atoms with E-state index < -0.39 is 9.76 Å². The summed E-state index contributed by atoms with van der Waals surface area (Å²) in [4.78, 5) is 9.28. The van der Waals surface area contributed by atoms with Crippen LogP contribution in [0.5, 0.6) is 0 Å². The number of benzene rings is 1. The van der Waals surface area contributed by atoms with E-state index in [1.54, 1.807) is 0 Å². The van der Waals surface area contributed by atoms with Gasteiger partial charge in [-0.15, -0.1) is 0 Å². The summed E-state index contributed by atoms with van der Waals surface area (Å²) in [7, 11) is -1.03. The molecule has 0 saturated heterocycles. The van der Waals surface area contributed by atoms with Crippen LogP contribution < -0.4 is 0 Å². The molecule has 1 rings (SSSR count). The molecule has 0 amide bonds. The van der Waals surface area contributed by atoms with Crippen LogP contribution in [0.2, 0.25) is 0 Å². The third-order valence-electron chi connectivity index (χ3n) is 1.99. The van der Waals surface area contributed by atoms with Gasteiger partial charge in [0.05, 0.1) is 0 Å². The maximum Gasteiger partial charge on any atom is 0.188 e. The Kier molecular flexibility index (Phi) is 4.50. The first-order valence-corrected chi connectivity index (χ1v) is 6.07. The van der Waals surface area contributed by atoms with Gasteiger partial charge >= 0.3 is 0 Å². The summed E-state index contributed by atoms with van der Waals surface area (Å²) in [6.45, 7) is 2.15. The Hall–Kier alpha value is -0.863. The van der Waals surface area contributed by atoms with Gasteiger partial charge in [0.1, 0.15) is 0 Å². The van der Waals surface area contributed by atoms with E-state index in [1.807, 2.05) is 18.2 Å². The highest BCUT2D eigenvalue weighted by Crippen LogP contribution is 2.12. The highest BCUT2D eigenvalue weighted by molar-refractivity contribution is 6.53. The first kappa shape index (κ1) is 10.2. The highest BCUT2D eigenvalue weighted by Gasteiger charge is 1.97. The molecule has 2 heteroatoms. The average molecular weight is 192 g/mol. The summed E-state index contributed by atoms with van der Waals surface area (Å²) in [6, 6.07) is 10.1. The SMILES string of the molecule is CCCC=C([SiH2]O)c1ccccc1. The number of unbranched alkanes of at least 4 members (excludes halogenated alkanes) is 1. The van der Waals surface area contributed by atoms with Crippen molar-refractivity contribution < 1.29 is 4.80 Å². The molecule has 1 aromatic carbocycles. The van der Waals surface area contributed by atoms with Crippen molar-refractivity contribution in [2.75, 3.05) is 0 Å². The smallest absolute Gasteiger partial charge is 0.188 e. The monoisotopic (exact) mass is 192 g/mol. The van der Waals surface area contributed by atoms with Crippen molar-refractivity contribution in [3.63, 3.8) is 0 Å². The number of hydrogen-bond acceptors (Lipinski definition) is 1. The summed E-state index contributed by atoms with van der Waals surface area (Å²) in [5.41, 5.74) is 1.19. The lowest BCUT2D eigenvalue weighted by atomic mass is 10.2. The molecule has 0 fully saturated rings. The zero-order valence-corrected chi connectivity index (χ0v) is 9.45. The molecule has 0 unspecified atom stereocenters. The van der Waals surface area contributed by atoms with Crippen LogP contribution in [0.4, 0.5) is 0 Å². The molecular formula is C11H16OSi. The van der Waals surface area contributed by atoms with Gasteiger partial charge in [-0.3, -0.25) is 0 Å². The van der Waals surface area contributed by atoms with Crippen molar-refractivity contribution in [2.45, 2.75) is 19.8 Å². The minimum absolute atomic E-state index is 1.03. The molecule has 70 valence electrons. The molecule has 1 aromatic rings. The quantitative estimate of drug-likeness (QED) is 0.722. The molecule has 0 saturated carbocycles. The Labute approximate surface area is 82.1 Å². The van der Waals surface area contributed by atoms with E-state index in [4.69, 9.17) is 0 Å². The molecule has 13 heavy (non-hydrogen) atoms. The first-order chi connectivity index (χ1) is 6.38. The van der Waals surface area contributed by atoms with Crippen LogP contribution in [-0.4, -0.2) is 14.6 Å². The third-order valence-corrected chi connectivity index (χ3v) is 3.03. The van der Waals surface area contributed by atoms with E-state index in [0.29, 0.717) is 0 Å². The lowest BCUT2D eigenvalue weighted by molar-refractivity contribution is 0.616. The third kappa shape index (κ3) is 3.17. The van der Waals surface area contributed by atoms with Crippen molar-refractivity contribution in [2.24, 2.45) is 0 Å². The van der Waals surface area contributed by atoms with E-state index in [1.165, 1.54) is 10.8 Å². The van der Waals surface area contributed by atoms with Crippen molar-refractivity contribution in [1.82, 2.24) is 0 Å². The normalized spacial score (nSPS) is 12.6. The maximum atomic E-state index is 9.28. The van der Waals surface area contributed by atoms with Gasteiger partial charge in [-0.25, -0.2) is 0 Å². The second kappa shape index (κ2) is 5.73. The van der Waals surface area contributed by atoms with Gasteiger partial charge in [-0.05, 0) is 17.2 Å². The first-order valence-electron chi connectivity index (χ1n) is 4.73. The molecule has 1 nitrogen and oxygen atoms in total. The Balaban J connectivity index is 2.78. The van der Waals surface area contributed by atoms with Crippen LogP contribution in [-0.2, 0) is 0 Å². The predicted molar refractivity (Wildman–Crippen MR) is 60.1 cm³/mol. The van der Waals surface area contributed by atoms with Crippen LogP contribution in [0.25, 0.3) is 5.20 Å². The fraction of sp³-hybridized carbons (Fsp3) is 0.273. The van der Waals surface area contributed by atoms with E-state index in [2.05, 4.69) is 25.1 Å². The zero-order chi connectivity index (χ0) is 9.52. The van der Waals surface area contributed by atoms with Crippen molar-refractivity contribution >= 4 is 15.0 Å². The van der Waals surface area contributed by atoms with Gasteiger partial charge in [0, 0.05) is 0 Å². The van der Waals surface area contributed by atoms with Crippen molar-refractivity contribution in [1.29, 1.82) is 0 Å². The van der Waals surface area contributed by atoms with Crippen LogP contribution in [0.15, 0.2) is 36.4 Å². The molecule has 0 aliphatic rings. The second-order valence-electron chi connectivity index (χ2n) is 3.04. The number of hydrogen-bond donors (Lipinski definition) is 1. The van der Waals surface area contributed by atoms with Crippen LogP contribution in [0, 0.1) is 0 Å². The fourth-order valence-corrected chi connectivity index (χ4v) is 2.00. The van der Waals surface area contributed by atoms with Crippen molar-refractivity contribution in [3.05, 3.63) is 42.0 Å². The summed E-state index contributed by atoms with van der Waals surface area (Å²) in [6.07, 6.45) is 4.38. The van der Waals surface area contributed by atoms with Gasteiger partial charge < -0.3 is 4.80 Å². The van der Waals surface area contributed by atoms with E-state index >= 15 is 0 Å². The molecule has 1 N–H and O–H groups in total. The molecule has 0 aliphatic carbocycles. The zero-order valence-electron chi connectivity index (χ0n) is 8.03. The minimum Gasteiger partial charge on any atom is -0.433 e. The molecule has 0 aromatic heterocycles. The number of allylic oxidation sites excluding steroid dienone is 1. The Morgan fingerprint density at radius 3 is 2.62 bits per heavy atom. The van der Waals surface area contributed by atoms with Gasteiger partial charge in [0.2, 0.25) is 0 Å². The highest BCUT2D eigenvalue weighted by atomic mass is 28.2. The maximum absolute atomic E-state index is 9.28. The molecule has 0 heterocycles. The van der Waals surface area contributed by atoms with Gasteiger partial charge in [-0.1, -0.05) is 49.8 Å². The van der Waals surface area contributed by atoms with Gasteiger partial charge in [0.25, 0.3) is 0 Å². The van der Waals surface area contributed by atoms with Crippen LogP contribution in [0.3, 0.4) is 0 Å². The predicted octanol–water partition coefficient (Wildman–Crippen LogP) is 1.90. The lowest BCUT2D eigenvalue weighted by Crippen LogP contribution is -1.94. The largest absolute Gasteiger partial charge is 0.433 e. The summed E-state index contributed by atoms with van der Waals surface area (Å²) in [5, 5.41) is 1.17. The summed E-state index contributed by atoms with van der Waals surface area (Å²) in [5.74, 6) is 0. The Morgan fingerprint density at radius 2 is 2.08 bits per heavy atom. The molecule has 0 atom stereocenters. The van der Waals surface area contributed by atoms with Gasteiger partial charge in [-0.2, -0.15) is 0 Å². The second-order valence-corrected chi connectivity index (χ2v) is 4.12. The van der Waals surface area contributed by atoms with Gasteiger partial charge in [0.15, 0.2) is 9.76 Å². The van der Waals surface area contributed by atoms with E-state index in [0.717, 1.165) is 12.8 Å². The molecule has 0 aliphatic heterocycles. The minimum atomic E-state index is -1.03. The average Bonchev–Trinajstić information content (AvgIpc) is 2.21. The topological polar surface area (TPSA) is 20.2 Å².